The molecular weight excluding hydrogens is 324 g/mol. The van der Waals surface area contributed by atoms with Gasteiger partial charge in [0.1, 0.15) is 5.75 Å². The number of hydrazone groups is 1. The second-order valence-electron chi connectivity index (χ2n) is 5.57. The second-order valence-corrected chi connectivity index (χ2v) is 7.23. The van der Waals surface area contributed by atoms with Crippen molar-refractivity contribution in [1.82, 2.24) is 4.83 Å². The first kappa shape index (κ1) is 18.0. The van der Waals surface area contributed by atoms with Crippen LogP contribution < -0.4 is 9.57 Å². The Morgan fingerprint density at radius 3 is 2.46 bits per heavy atom. The summed E-state index contributed by atoms with van der Waals surface area (Å²) in [7, 11) is -2.00. The fourth-order valence-corrected chi connectivity index (χ4v) is 3.06. The summed E-state index contributed by atoms with van der Waals surface area (Å²) in [5.41, 5.74) is 2.78. The fraction of sp³-hybridized carbons (Fsp3) is 0.278. The van der Waals surface area contributed by atoms with E-state index in [0.29, 0.717) is 12.1 Å². The highest BCUT2D eigenvalue weighted by Gasteiger charge is 2.12. The Hall–Kier alpha value is -2.34. The van der Waals surface area contributed by atoms with E-state index in [0.717, 1.165) is 23.3 Å². The molecule has 128 valence electrons. The summed E-state index contributed by atoms with van der Waals surface area (Å²) in [5.74, 6) is 0.825. The molecule has 0 aliphatic carbocycles. The Morgan fingerprint density at radius 1 is 1.12 bits per heavy atom. The molecule has 0 spiro atoms. The zero-order valence-corrected chi connectivity index (χ0v) is 14.9. The number of rotatable bonds is 7. The van der Waals surface area contributed by atoms with Crippen molar-refractivity contribution in [2.45, 2.75) is 31.6 Å². The Balaban J connectivity index is 1.99. The number of para-hydroxylation sites is 1. The number of methoxy groups -OCH3 is 1. The molecule has 0 radical (unpaired) electrons. The molecule has 1 N–H and O–H groups in total. The normalized spacial score (nSPS) is 12.0. The highest BCUT2D eigenvalue weighted by molar-refractivity contribution is 7.89. The van der Waals surface area contributed by atoms with Crippen molar-refractivity contribution >= 4 is 15.7 Å². The number of benzene rings is 2. The van der Waals surface area contributed by atoms with E-state index in [1.165, 1.54) is 0 Å². The zero-order chi connectivity index (χ0) is 17.6. The Bertz CT molecular complexity index is 812. The topological polar surface area (TPSA) is 67.8 Å². The molecule has 24 heavy (non-hydrogen) atoms. The van der Waals surface area contributed by atoms with Gasteiger partial charge in [-0.3, -0.25) is 0 Å². The van der Waals surface area contributed by atoms with Gasteiger partial charge in [-0.1, -0.05) is 35.9 Å². The molecule has 0 aromatic heterocycles. The number of ether oxygens (including phenoxy) is 1. The molecule has 5 nitrogen and oxygen atoms in total. The minimum absolute atomic E-state index is 0.203. The SMILES string of the molecule is COc1ccccc1CC/C(C)=N/NS(=O)(=O)c1ccc(C)cc1. The summed E-state index contributed by atoms with van der Waals surface area (Å²) < 4.78 is 29.7. The van der Waals surface area contributed by atoms with Gasteiger partial charge in [-0.05, 0) is 50.5 Å². The molecule has 2 aromatic carbocycles. The van der Waals surface area contributed by atoms with Crippen molar-refractivity contribution < 1.29 is 13.2 Å². The van der Waals surface area contributed by atoms with Gasteiger partial charge in [0.2, 0.25) is 0 Å². The number of nitrogens with zero attached hydrogens (tertiary/aromatic N) is 1. The van der Waals surface area contributed by atoms with Crippen LogP contribution in [0.15, 0.2) is 58.5 Å². The predicted molar refractivity (Wildman–Crippen MR) is 95.9 cm³/mol. The summed E-state index contributed by atoms with van der Waals surface area (Å²) in [6.07, 6.45) is 1.36. The van der Waals surface area contributed by atoms with E-state index in [4.69, 9.17) is 4.74 Å². The van der Waals surface area contributed by atoms with Gasteiger partial charge < -0.3 is 4.74 Å². The van der Waals surface area contributed by atoms with Gasteiger partial charge in [-0.2, -0.15) is 13.5 Å². The lowest BCUT2D eigenvalue weighted by molar-refractivity contribution is 0.410. The highest BCUT2D eigenvalue weighted by atomic mass is 32.2. The minimum Gasteiger partial charge on any atom is -0.496 e. The summed E-state index contributed by atoms with van der Waals surface area (Å²) in [5, 5.41) is 4.00. The van der Waals surface area contributed by atoms with Crippen LogP contribution in [0.1, 0.15) is 24.5 Å². The lowest BCUT2D eigenvalue weighted by Crippen LogP contribution is -2.19. The maximum atomic E-state index is 12.2. The van der Waals surface area contributed by atoms with Crippen LogP contribution in [0.5, 0.6) is 5.75 Å². The summed E-state index contributed by atoms with van der Waals surface area (Å²) in [6, 6.07) is 14.4. The van der Waals surface area contributed by atoms with E-state index in [1.807, 2.05) is 31.2 Å². The molecule has 2 rings (SSSR count). The van der Waals surface area contributed by atoms with Crippen molar-refractivity contribution in [3.05, 3.63) is 59.7 Å². The van der Waals surface area contributed by atoms with Crippen LogP contribution >= 0.6 is 0 Å². The van der Waals surface area contributed by atoms with Crippen LogP contribution in [0, 0.1) is 6.92 Å². The molecule has 0 fully saturated rings. The standard InChI is InChI=1S/C18H22N2O3S/c1-14-8-12-17(13-9-14)24(21,22)20-19-15(2)10-11-16-6-4-5-7-18(16)23-3/h4-9,12-13,20H,10-11H2,1-3H3/b19-15+. The van der Waals surface area contributed by atoms with Crippen molar-refractivity contribution in [3.8, 4) is 5.75 Å². The largest absolute Gasteiger partial charge is 0.496 e. The van der Waals surface area contributed by atoms with Gasteiger partial charge in [0.25, 0.3) is 10.0 Å². The van der Waals surface area contributed by atoms with Crippen LogP contribution in [0.3, 0.4) is 0 Å². The number of sulfonamides is 1. The van der Waals surface area contributed by atoms with Crippen molar-refractivity contribution in [2.75, 3.05) is 7.11 Å². The molecule has 0 saturated carbocycles. The number of hydrogen-bond donors (Lipinski definition) is 1. The fourth-order valence-electron chi connectivity index (χ4n) is 2.19. The molecule has 6 heteroatoms. The smallest absolute Gasteiger partial charge is 0.276 e. The van der Waals surface area contributed by atoms with Crippen LogP contribution in [0.25, 0.3) is 0 Å². The van der Waals surface area contributed by atoms with Gasteiger partial charge in [-0.25, -0.2) is 4.83 Å². The first-order valence-corrected chi connectivity index (χ1v) is 9.14. The monoisotopic (exact) mass is 346 g/mol. The first-order chi connectivity index (χ1) is 11.4. The quantitative estimate of drug-likeness (QED) is 0.618. The molecule has 0 heterocycles. The maximum absolute atomic E-state index is 12.2. The van der Waals surface area contributed by atoms with Crippen molar-refractivity contribution in [2.24, 2.45) is 5.10 Å². The van der Waals surface area contributed by atoms with Crippen LogP contribution in [-0.4, -0.2) is 21.2 Å². The third-order valence-corrected chi connectivity index (χ3v) is 4.86. The molecule has 0 saturated heterocycles. The van der Waals surface area contributed by atoms with Crippen LogP contribution in [-0.2, 0) is 16.4 Å². The predicted octanol–water partition coefficient (Wildman–Crippen LogP) is 3.29. The average Bonchev–Trinajstić information content (AvgIpc) is 2.59. The second kappa shape index (κ2) is 7.97. The molecule has 0 aliphatic rings. The van der Waals surface area contributed by atoms with Gasteiger partial charge in [0.15, 0.2) is 0 Å². The summed E-state index contributed by atoms with van der Waals surface area (Å²) in [4.78, 5) is 2.49. The maximum Gasteiger partial charge on any atom is 0.276 e. The number of aryl methyl sites for hydroxylation is 2. The van der Waals surface area contributed by atoms with Gasteiger partial charge in [0, 0.05) is 5.71 Å². The van der Waals surface area contributed by atoms with Gasteiger partial charge in [0.05, 0.1) is 12.0 Å². The molecular formula is C18H22N2O3S. The van der Waals surface area contributed by atoms with Gasteiger partial charge in [-0.15, -0.1) is 0 Å². The molecule has 0 amide bonds. The lowest BCUT2D eigenvalue weighted by Gasteiger charge is -2.08. The van der Waals surface area contributed by atoms with E-state index >= 15 is 0 Å². The average molecular weight is 346 g/mol. The van der Waals surface area contributed by atoms with Crippen molar-refractivity contribution in [3.63, 3.8) is 0 Å². The third-order valence-electron chi connectivity index (χ3n) is 3.64. The zero-order valence-electron chi connectivity index (χ0n) is 14.1. The Labute approximate surface area is 143 Å². The van der Waals surface area contributed by atoms with Crippen LogP contribution in [0.4, 0.5) is 0 Å². The minimum atomic E-state index is -3.63. The first-order valence-electron chi connectivity index (χ1n) is 7.66. The summed E-state index contributed by atoms with van der Waals surface area (Å²) in [6.45, 7) is 3.71. The Kier molecular flexibility index (Phi) is 5.98. The van der Waals surface area contributed by atoms with E-state index in [-0.39, 0.29) is 4.90 Å². The van der Waals surface area contributed by atoms with E-state index in [2.05, 4.69) is 9.93 Å². The highest BCUT2D eigenvalue weighted by Crippen LogP contribution is 2.19. The van der Waals surface area contributed by atoms with E-state index in [1.54, 1.807) is 38.3 Å². The van der Waals surface area contributed by atoms with Crippen LogP contribution in [0.2, 0.25) is 0 Å². The summed E-state index contributed by atoms with van der Waals surface area (Å²) >= 11 is 0. The molecule has 2 aromatic rings. The molecule has 0 aliphatic heterocycles. The van der Waals surface area contributed by atoms with Gasteiger partial charge >= 0.3 is 0 Å². The number of nitrogens with one attached hydrogen (secondary N) is 1. The third kappa shape index (κ3) is 4.83. The lowest BCUT2D eigenvalue weighted by atomic mass is 10.1. The number of hydrogen-bond acceptors (Lipinski definition) is 4. The molecule has 0 bridgehead atoms. The Morgan fingerprint density at radius 2 is 1.79 bits per heavy atom. The molecule has 0 atom stereocenters. The van der Waals surface area contributed by atoms with E-state index in [9.17, 15) is 8.42 Å². The molecule has 0 unspecified atom stereocenters. The van der Waals surface area contributed by atoms with E-state index < -0.39 is 10.0 Å². The van der Waals surface area contributed by atoms with Crippen molar-refractivity contribution in [1.29, 1.82) is 0 Å².